The number of benzene rings is 3. The van der Waals surface area contributed by atoms with Gasteiger partial charge in [-0.1, -0.05) is 42.0 Å². The molecule has 0 saturated carbocycles. The molecule has 0 atom stereocenters. The Morgan fingerprint density at radius 1 is 0.714 bits per heavy atom. The molecule has 0 aliphatic carbocycles. The molecule has 0 radical (unpaired) electrons. The molecule has 0 heterocycles. The van der Waals surface area contributed by atoms with Crippen LogP contribution >= 0.6 is 0 Å². The van der Waals surface area contributed by atoms with Gasteiger partial charge < -0.3 is 4.74 Å². The topological polar surface area (TPSA) is 9.23 Å². The van der Waals surface area contributed by atoms with Gasteiger partial charge in [0.25, 0.3) is 0 Å². The van der Waals surface area contributed by atoms with Crippen molar-refractivity contribution in [1.82, 2.24) is 0 Å². The quantitative estimate of drug-likeness (QED) is 0.349. The average Bonchev–Trinajstić information content (AvgIpc) is 2.59. The number of hydrogen-bond acceptors (Lipinski definition) is 1. The maximum absolute atomic E-state index is 14.8. The molecule has 146 valence electrons. The van der Waals surface area contributed by atoms with Crippen LogP contribution in [-0.2, 0) is 6.11 Å². The van der Waals surface area contributed by atoms with Crippen molar-refractivity contribution < 1.29 is 26.7 Å². The first-order valence-electron chi connectivity index (χ1n) is 8.48. The Hall–Kier alpha value is -2.89. The number of alkyl halides is 2. The number of hydrogen-bond donors (Lipinski definition) is 0. The summed E-state index contributed by atoms with van der Waals surface area (Å²) in [7, 11) is 0. The van der Waals surface area contributed by atoms with Gasteiger partial charge in [-0.2, -0.15) is 8.78 Å². The molecule has 0 spiro atoms. The van der Waals surface area contributed by atoms with Gasteiger partial charge in [-0.25, -0.2) is 13.2 Å². The molecule has 0 bridgehead atoms. The minimum Gasteiger partial charge on any atom is -0.429 e. The molecule has 3 rings (SSSR count). The van der Waals surface area contributed by atoms with Crippen LogP contribution in [0, 0.1) is 38.2 Å². The third-order valence-electron chi connectivity index (χ3n) is 4.41. The standard InChI is InChI=1S/C22H17F5O/c1-12-4-6-15(7-5-12)16-8-13(2)20(14(3)9-16)22(26,27)28-17-10-18(23)21(25)19(24)11-17/h4-11H,1-3H3. The molecule has 0 aliphatic heterocycles. The highest BCUT2D eigenvalue weighted by molar-refractivity contribution is 5.66. The first-order valence-corrected chi connectivity index (χ1v) is 8.48. The number of halogens is 5. The second-order valence-electron chi connectivity index (χ2n) is 6.67. The third-order valence-corrected chi connectivity index (χ3v) is 4.41. The van der Waals surface area contributed by atoms with E-state index in [-0.39, 0.29) is 11.1 Å². The first kappa shape index (κ1) is 19.9. The van der Waals surface area contributed by atoms with E-state index in [1.54, 1.807) is 12.1 Å². The predicted molar refractivity (Wildman–Crippen MR) is 96.9 cm³/mol. The van der Waals surface area contributed by atoms with Crippen molar-refractivity contribution >= 4 is 0 Å². The molecule has 0 saturated heterocycles. The fourth-order valence-electron chi connectivity index (χ4n) is 3.13. The van der Waals surface area contributed by atoms with Crippen LogP contribution in [0.5, 0.6) is 5.75 Å². The highest BCUT2D eigenvalue weighted by atomic mass is 19.3. The van der Waals surface area contributed by atoms with E-state index in [1.807, 2.05) is 31.2 Å². The summed E-state index contributed by atoms with van der Waals surface area (Å²) in [5.74, 6) is -5.75. The van der Waals surface area contributed by atoms with Gasteiger partial charge in [0.2, 0.25) is 0 Å². The van der Waals surface area contributed by atoms with Gasteiger partial charge in [-0.15, -0.1) is 0 Å². The van der Waals surface area contributed by atoms with Gasteiger partial charge >= 0.3 is 6.11 Å². The average molecular weight is 392 g/mol. The van der Waals surface area contributed by atoms with Crippen LogP contribution < -0.4 is 4.74 Å². The summed E-state index contributed by atoms with van der Waals surface area (Å²) >= 11 is 0. The van der Waals surface area contributed by atoms with Gasteiger partial charge in [0.15, 0.2) is 17.5 Å². The Morgan fingerprint density at radius 3 is 1.71 bits per heavy atom. The maximum atomic E-state index is 14.8. The molecule has 6 heteroatoms. The SMILES string of the molecule is Cc1ccc(-c2cc(C)c(C(F)(F)Oc3cc(F)c(F)c(F)c3)c(C)c2)cc1. The summed E-state index contributed by atoms with van der Waals surface area (Å²) < 4.78 is 73.7. The van der Waals surface area contributed by atoms with Gasteiger partial charge in [0.1, 0.15) is 5.75 Å². The number of rotatable bonds is 4. The van der Waals surface area contributed by atoms with E-state index in [4.69, 9.17) is 0 Å². The highest BCUT2D eigenvalue weighted by Crippen LogP contribution is 2.38. The van der Waals surface area contributed by atoms with Crippen molar-refractivity contribution in [2.45, 2.75) is 26.9 Å². The van der Waals surface area contributed by atoms with Crippen LogP contribution in [0.2, 0.25) is 0 Å². The van der Waals surface area contributed by atoms with Crippen LogP contribution in [0.1, 0.15) is 22.3 Å². The van der Waals surface area contributed by atoms with E-state index < -0.39 is 34.9 Å². The Labute approximate surface area is 159 Å². The van der Waals surface area contributed by atoms with Crippen LogP contribution in [0.3, 0.4) is 0 Å². The zero-order valence-electron chi connectivity index (χ0n) is 15.4. The lowest BCUT2D eigenvalue weighted by Gasteiger charge is -2.23. The van der Waals surface area contributed by atoms with Crippen molar-refractivity contribution in [1.29, 1.82) is 0 Å². The zero-order valence-corrected chi connectivity index (χ0v) is 15.4. The third kappa shape index (κ3) is 3.86. The Morgan fingerprint density at radius 2 is 1.21 bits per heavy atom. The molecule has 3 aromatic rings. The van der Waals surface area contributed by atoms with Crippen molar-refractivity contribution in [3.63, 3.8) is 0 Å². The Kier molecular flexibility index (Phi) is 5.15. The molecule has 0 N–H and O–H groups in total. The Balaban J connectivity index is 1.99. The normalized spacial score (nSPS) is 11.6. The second kappa shape index (κ2) is 7.26. The lowest BCUT2D eigenvalue weighted by Crippen LogP contribution is -2.24. The minimum absolute atomic E-state index is 0.253. The van der Waals surface area contributed by atoms with Crippen LogP contribution in [-0.4, -0.2) is 0 Å². The molecular formula is C22H17F5O. The summed E-state index contributed by atoms with van der Waals surface area (Å²) in [6, 6.07) is 11.6. The number of ether oxygens (including phenoxy) is 1. The summed E-state index contributed by atoms with van der Waals surface area (Å²) in [6.07, 6.45) is -3.86. The molecule has 28 heavy (non-hydrogen) atoms. The summed E-state index contributed by atoms with van der Waals surface area (Å²) in [6.45, 7) is 4.95. The van der Waals surface area contributed by atoms with Crippen LogP contribution in [0.15, 0.2) is 48.5 Å². The monoisotopic (exact) mass is 392 g/mol. The van der Waals surface area contributed by atoms with Gasteiger partial charge in [0.05, 0.1) is 5.56 Å². The fourth-order valence-corrected chi connectivity index (χ4v) is 3.13. The van der Waals surface area contributed by atoms with Crippen molar-refractivity contribution in [3.05, 3.63) is 88.2 Å². The molecule has 0 aliphatic rings. The van der Waals surface area contributed by atoms with Crippen molar-refractivity contribution in [2.24, 2.45) is 0 Å². The van der Waals surface area contributed by atoms with E-state index in [0.717, 1.165) is 16.7 Å². The van der Waals surface area contributed by atoms with Crippen LogP contribution in [0.4, 0.5) is 22.0 Å². The highest BCUT2D eigenvalue weighted by Gasteiger charge is 2.38. The molecule has 0 fully saturated rings. The van der Waals surface area contributed by atoms with Gasteiger partial charge in [0, 0.05) is 12.1 Å². The van der Waals surface area contributed by atoms with E-state index in [0.29, 0.717) is 12.1 Å². The second-order valence-corrected chi connectivity index (χ2v) is 6.67. The van der Waals surface area contributed by atoms with E-state index in [2.05, 4.69) is 4.74 Å². The van der Waals surface area contributed by atoms with E-state index in [9.17, 15) is 22.0 Å². The first-order chi connectivity index (χ1) is 13.1. The smallest absolute Gasteiger partial charge is 0.427 e. The zero-order chi connectivity index (χ0) is 20.6. The molecule has 0 amide bonds. The summed E-state index contributed by atoms with van der Waals surface area (Å²) in [4.78, 5) is 0. The molecule has 3 aromatic carbocycles. The van der Waals surface area contributed by atoms with Gasteiger partial charge in [-0.05, 0) is 43.0 Å². The minimum atomic E-state index is -3.86. The van der Waals surface area contributed by atoms with E-state index in [1.165, 1.54) is 13.8 Å². The van der Waals surface area contributed by atoms with Crippen molar-refractivity contribution in [2.75, 3.05) is 0 Å². The fraction of sp³-hybridized carbons (Fsp3) is 0.182. The van der Waals surface area contributed by atoms with E-state index >= 15 is 0 Å². The van der Waals surface area contributed by atoms with Gasteiger partial charge in [-0.3, -0.25) is 0 Å². The molecule has 0 aromatic heterocycles. The lowest BCUT2D eigenvalue weighted by atomic mass is 9.94. The predicted octanol–water partition coefficient (Wildman–Crippen LogP) is 6.82. The maximum Gasteiger partial charge on any atom is 0.427 e. The Bertz CT molecular complexity index is 980. The summed E-state index contributed by atoms with van der Waals surface area (Å²) in [5.41, 5.74) is 2.80. The lowest BCUT2D eigenvalue weighted by molar-refractivity contribution is -0.186. The molecule has 0 unspecified atom stereocenters. The number of aryl methyl sites for hydroxylation is 3. The summed E-state index contributed by atoms with van der Waals surface area (Å²) in [5, 5.41) is 0. The van der Waals surface area contributed by atoms with Crippen LogP contribution in [0.25, 0.3) is 11.1 Å². The van der Waals surface area contributed by atoms with Crippen molar-refractivity contribution in [3.8, 4) is 16.9 Å². The molecule has 1 nitrogen and oxygen atoms in total. The largest absolute Gasteiger partial charge is 0.429 e. The molecular weight excluding hydrogens is 375 g/mol.